The Kier molecular flexibility index (Phi) is 3.14. The molecule has 0 aromatic carbocycles. The van der Waals surface area contributed by atoms with Crippen LogP contribution in [0.25, 0.3) is 0 Å². The molecule has 0 aromatic heterocycles. The highest BCUT2D eigenvalue weighted by atomic mass is 16.6. The van der Waals surface area contributed by atoms with E-state index < -0.39 is 12.3 Å². The van der Waals surface area contributed by atoms with E-state index in [4.69, 9.17) is 5.11 Å². The van der Waals surface area contributed by atoms with Crippen LogP contribution in [0.15, 0.2) is 0 Å². The van der Waals surface area contributed by atoms with Gasteiger partial charge in [0.25, 0.3) is 6.29 Å². The number of methoxy groups -OCH3 is 2. The van der Waals surface area contributed by atoms with Crippen LogP contribution in [-0.2, 0) is 14.3 Å². The molecule has 0 aliphatic heterocycles. The lowest BCUT2D eigenvalue weighted by Gasteiger charge is -2.02. The lowest BCUT2D eigenvalue weighted by atomic mass is 10.7. The molecule has 0 fully saturated rings. The minimum Gasteiger partial charge on any atom is -0.465 e. The smallest absolute Gasteiger partial charge is 0.362 e. The summed E-state index contributed by atoms with van der Waals surface area (Å²) in [6.45, 7) is 0. The SMILES string of the molecule is COC(=O)[C@H](O)OC. The Balaban J connectivity index is 3.46. The summed E-state index contributed by atoms with van der Waals surface area (Å²) in [6.07, 6.45) is -1.44. The molecular formula is C4H8O4. The van der Waals surface area contributed by atoms with Gasteiger partial charge in [-0.3, -0.25) is 0 Å². The molecule has 0 radical (unpaired) electrons. The highest BCUT2D eigenvalue weighted by Gasteiger charge is 2.11. The Morgan fingerprint density at radius 3 is 2.25 bits per heavy atom. The number of hydrogen-bond donors (Lipinski definition) is 1. The average molecular weight is 120 g/mol. The molecule has 0 spiro atoms. The van der Waals surface area contributed by atoms with Crippen molar-refractivity contribution >= 4 is 5.97 Å². The van der Waals surface area contributed by atoms with Crippen LogP contribution in [0.1, 0.15) is 0 Å². The summed E-state index contributed by atoms with van der Waals surface area (Å²) < 4.78 is 8.27. The second-order valence-electron chi connectivity index (χ2n) is 1.11. The summed E-state index contributed by atoms with van der Waals surface area (Å²) in [5, 5.41) is 8.43. The van der Waals surface area contributed by atoms with Gasteiger partial charge in [-0.25, -0.2) is 4.79 Å². The number of esters is 1. The van der Waals surface area contributed by atoms with Gasteiger partial charge >= 0.3 is 5.97 Å². The van der Waals surface area contributed by atoms with Gasteiger partial charge in [0.15, 0.2) is 0 Å². The van der Waals surface area contributed by atoms with Crippen LogP contribution < -0.4 is 0 Å². The second kappa shape index (κ2) is 3.40. The molecule has 0 amide bonds. The average Bonchev–Trinajstić information content (AvgIpc) is 1.84. The molecule has 0 saturated heterocycles. The maximum absolute atomic E-state index is 10.1. The molecule has 1 atom stereocenters. The number of aliphatic hydroxyl groups excluding tert-OH is 1. The van der Waals surface area contributed by atoms with E-state index in [-0.39, 0.29) is 0 Å². The predicted molar refractivity (Wildman–Crippen MR) is 25.0 cm³/mol. The van der Waals surface area contributed by atoms with E-state index in [9.17, 15) is 4.79 Å². The van der Waals surface area contributed by atoms with Crippen LogP contribution in [-0.4, -0.2) is 31.6 Å². The Bertz CT molecular complexity index is 80.1. The molecule has 48 valence electrons. The van der Waals surface area contributed by atoms with Gasteiger partial charge in [0.2, 0.25) is 0 Å². The molecule has 0 aromatic rings. The maximum Gasteiger partial charge on any atom is 0.362 e. The summed E-state index contributed by atoms with van der Waals surface area (Å²) in [7, 11) is 2.38. The monoisotopic (exact) mass is 120 g/mol. The third-order valence-electron chi connectivity index (χ3n) is 0.626. The topological polar surface area (TPSA) is 55.8 Å². The van der Waals surface area contributed by atoms with Gasteiger partial charge in [0.05, 0.1) is 7.11 Å². The van der Waals surface area contributed by atoms with Gasteiger partial charge < -0.3 is 14.6 Å². The van der Waals surface area contributed by atoms with Crippen molar-refractivity contribution < 1.29 is 19.4 Å². The molecule has 0 unspecified atom stereocenters. The second-order valence-corrected chi connectivity index (χ2v) is 1.11. The first-order valence-electron chi connectivity index (χ1n) is 2.01. The summed E-state index contributed by atoms with van der Waals surface area (Å²) in [5.41, 5.74) is 0. The van der Waals surface area contributed by atoms with E-state index in [0.717, 1.165) is 0 Å². The fraction of sp³-hybridized carbons (Fsp3) is 0.750. The summed E-state index contributed by atoms with van der Waals surface area (Å²) in [6, 6.07) is 0. The molecule has 0 heterocycles. The summed E-state index contributed by atoms with van der Waals surface area (Å²) >= 11 is 0. The fourth-order valence-electron chi connectivity index (χ4n) is 0.197. The largest absolute Gasteiger partial charge is 0.465 e. The third kappa shape index (κ3) is 1.90. The molecule has 8 heavy (non-hydrogen) atoms. The number of ether oxygens (including phenoxy) is 2. The first kappa shape index (κ1) is 7.39. The third-order valence-corrected chi connectivity index (χ3v) is 0.626. The molecule has 4 heteroatoms. The first-order chi connectivity index (χ1) is 3.72. The first-order valence-corrected chi connectivity index (χ1v) is 2.01. The standard InChI is InChI=1S/C4H8O4/c1-7-3(5)4(6)8-2/h3,5H,1-2H3/t3-/m1/s1. The van der Waals surface area contributed by atoms with Crippen LogP contribution >= 0.6 is 0 Å². The van der Waals surface area contributed by atoms with Crippen LogP contribution in [0.4, 0.5) is 0 Å². The highest BCUT2D eigenvalue weighted by Crippen LogP contribution is 1.84. The highest BCUT2D eigenvalue weighted by molar-refractivity contribution is 5.72. The Hall–Kier alpha value is -0.610. The molecule has 0 aliphatic rings. The number of hydrogen-bond acceptors (Lipinski definition) is 4. The summed E-state index contributed by atoms with van der Waals surface area (Å²) in [4.78, 5) is 10.1. The van der Waals surface area contributed by atoms with E-state index in [0.29, 0.717) is 0 Å². The fourth-order valence-corrected chi connectivity index (χ4v) is 0.197. The summed E-state index contributed by atoms with van der Waals surface area (Å²) in [5.74, 6) is -0.785. The molecule has 0 rings (SSSR count). The zero-order chi connectivity index (χ0) is 6.57. The van der Waals surface area contributed by atoms with Gasteiger partial charge in [-0.15, -0.1) is 0 Å². The van der Waals surface area contributed by atoms with Gasteiger partial charge in [-0.05, 0) is 0 Å². The lowest BCUT2D eigenvalue weighted by Crippen LogP contribution is -2.23. The molecule has 0 bridgehead atoms. The molecule has 1 N–H and O–H groups in total. The van der Waals surface area contributed by atoms with Gasteiger partial charge in [0, 0.05) is 7.11 Å². The van der Waals surface area contributed by atoms with E-state index >= 15 is 0 Å². The minimum atomic E-state index is -1.44. The number of aliphatic hydroxyl groups is 1. The zero-order valence-electron chi connectivity index (χ0n) is 4.75. The minimum absolute atomic E-state index is 0.785. The quantitative estimate of drug-likeness (QED) is 0.380. The molecule has 0 saturated carbocycles. The van der Waals surface area contributed by atoms with Crippen molar-refractivity contribution in [3.63, 3.8) is 0 Å². The Morgan fingerprint density at radius 1 is 1.62 bits per heavy atom. The van der Waals surface area contributed by atoms with Gasteiger partial charge in [0.1, 0.15) is 0 Å². The van der Waals surface area contributed by atoms with Crippen LogP contribution in [0.5, 0.6) is 0 Å². The van der Waals surface area contributed by atoms with Crippen molar-refractivity contribution in [2.45, 2.75) is 6.29 Å². The normalized spacial score (nSPS) is 12.9. The number of carbonyl (C=O) groups is 1. The zero-order valence-corrected chi connectivity index (χ0v) is 4.75. The van der Waals surface area contributed by atoms with E-state index in [2.05, 4.69) is 9.47 Å². The molecule has 0 aliphatic carbocycles. The Labute approximate surface area is 47.0 Å². The van der Waals surface area contributed by atoms with Crippen molar-refractivity contribution in [1.29, 1.82) is 0 Å². The van der Waals surface area contributed by atoms with E-state index in [1.165, 1.54) is 14.2 Å². The molecular weight excluding hydrogens is 112 g/mol. The predicted octanol–water partition coefficient (Wildman–Crippen LogP) is -0.876. The van der Waals surface area contributed by atoms with Crippen molar-refractivity contribution in [3.8, 4) is 0 Å². The number of carbonyl (C=O) groups excluding carboxylic acids is 1. The van der Waals surface area contributed by atoms with Crippen molar-refractivity contribution in [1.82, 2.24) is 0 Å². The van der Waals surface area contributed by atoms with Crippen molar-refractivity contribution in [3.05, 3.63) is 0 Å². The lowest BCUT2D eigenvalue weighted by molar-refractivity contribution is -0.174. The van der Waals surface area contributed by atoms with Crippen LogP contribution in [0, 0.1) is 0 Å². The Morgan fingerprint density at radius 2 is 2.12 bits per heavy atom. The van der Waals surface area contributed by atoms with E-state index in [1.54, 1.807) is 0 Å². The van der Waals surface area contributed by atoms with E-state index in [1.807, 2.05) is 0 Å². The van der Waals surface area contributed by atoms with Crippen molar-refractivity contribution in [2.24, 2.45) is 0 Å². The maximum atomic E-state index is 10.1. The molecule has 4 nitrogen and oxygen atoms in total. The van der Waals surface area contributed by atoms with Crippen LogP contribution in [0.3, 0.4) is 0 Å². The van der Waals surface area contributed by atoms with Gasteiger partial charge in [-0.2, -0.15) is 0 Å². The van der Waals surface area contributed by atoms with Crippen molar-refractivity contribution in [2.75, 3.05) is 14.2 Å². The van der Waals surface area contributed by atoms with Gasteiger partial charge in [-0.1, -0.05) is 0 Å². The van der Waals surface area contributed by atoms with Crippen LogP contribution in [0.2, 0.25) is 0 Å². The number of rotatable bonds is 2.